The van der Waals surface area contributed by atoms with Gasteiger partial charge >= 0.3 is 0 Å². The Morgan fingerprint density at radius 1 is 1.47 bits per heavy atom. The third-order valence-electron chi connectivity index (χ3n) is 2.85. The first-order valence-corrected chi connectivity index (χ1v) is 5.60. The summed E-state index contributed by atoms with van der Waals surface area (Å²) in [7, 11) is 2.09. The molecule has 4 heteroatoms. The van der Waals surface area contributed by atoms with Gasteiger partial charge in [-0.15, -0.1) is 0 Å². The second-order valence-electron chi connectivity index (χ2n) is 4.53. The van der Waals surface area contributed by atoms with E-state index < -0.39 is 0 Å². The minimum Gasteiger partial charge on any atom is -0.369 e. The van der Waals surface area contributed by atoms with Crippen LogP contribution in [0.2, 0.25) is 0 Å². The second kappa shape index (κ2) is 5.47. The average molecular weight is 214 g/mol. The molecule has 1 heterocycles. The van der Waals surface area contributed by atoms with E-state index in [9.17, 15) is 4.79 Å². The van der Waals surface area contributed by atoms with Gasteiger partial charge in [0.1, 0.15) is 6.61 Å². The standard InChI is InChI=1S/C11H22N2O2/c1-9(2)15-8-11(14)13-6-5-12(4)10(3)7-13/h9-10H,5-8H2,1-4H3. The number of carbonyl (C=O) groups is 1. The van der Waals surface area contributed by atoms with Crippen LogP contribution in [0, 0.1) is 0 Å². The van der Waals surface area contributed by atoms with Gasteiger partial charge in [-0.2, -0.15) is 0 Å². The van der Waals surface area contributed by atoms with Crippen molar-refractivity contribution in [1.82, 2.24) is 9.80 Å². The molecule has 0 N–H and O–H groups in total. The number of ether oxygens (including phenoxy) is 1. The Bertz CT molecular complexity index is 219. The van der Waals surface area contributed by atoms with Crippen LogP contribution in [-0.2, 0) is 9.53 Å². The van der Waals surface area contributed by atoms with E-state index in [0.29, 0.717) is 6.04 Å². The SMILES string of the molecule is CC(C)OCC(=O)N1CCN(C)C(C)C1. The maximum Gasteiger partial charge on any atom is 0.248 e. The fourth-order valence-corrected chi connectivity index (χ4v) is 1.60. The van der Waals surface area contributed by atoms with Crippen LogP contribution >= 0.6 is 0 Å². The van der Waals surface area contributed by atoms with E-state index in [4.69, 9.17) is 4.74 Å². The van der Waals surface area contributed by atoms with Gasteiger partial charge in [-0.1, -0.05) is 0 Å². The fraction of sp³-hybridized carbons (Fsp3) is 0.909. The van der Waals surface area contributed by atoms with Gasteiger partial charge in [0.05, 0.1) is 6.10 Å². The normalized spacial score (nSPS) is 23.5. The van der Waals surface area contributed by atoms with Crippen LogP contribution in [0.25, 0.3) is 0 Å². The first-order valence-electron chi connectivity index (χ1n) is 5.60. The predicted molar refractivity (Wildman–Crippen MR) is 59.8 cm³/mol. The van der Waals surface area contributed by atoms with Crippen molar-refractivity contribution in [3.8, 4) is 0 Å². The summed E-state index contributed by atoms with van der Waals surface area (Å²) in [5, 5.41) is 0. The van der Waals surface area contributed by atoms with E-state index >= 15 is 0 Å². The highest BCUT2D eigenvalue weighted by Crippen LogP contribution is 2.07. The van der Waals surface area contributed by atoms with Crippen LogP contribution in [0.4, 0.5) is 0 Å². The fourth-order valence-electron chi connectivity index (χ4n) is 1.60. The zero-order valence-electron chi connectivity index (χ0n) is 10.2. The van der Waals surface area contributed by atoms with Crippen molar-refractivity contribution in [1.29, 1.82) is 0 Å². The lowest BCUT2D eigenvalue weighted by atomic mass is 10.2. The monoisotopic (exact) mass is 214 g/mol. The highest BCUT2D eigenvalue weighted by Gasteiger charge is 2.24. The van der Waals surface area contributed by atoms with Crippen molar-refractivity contribution in [2.24, 2.45) is 0 Å². The zero-order chi connectivity index (χ0) is 11.4. The van der Waals surface area contributed by atoms with Crippen LogP contribution in [0.5, 0.6) is 0 Å². The summed E-state index contributed by atoms with van der Waals surface area (Å²) in [5.74, 6) is 0.114. The summed E-state index contributed by atoms with van der Waals surface area (Å²) in [4.78, 5) is 15.9. The Morgan fingerprint density at radius 3 is 2.67 bits per heavy atom. The lowest BCUT2D eigenvalue weighted by Gasteiger charge is -2.37. The smallest absolute Gasteiger partial charge is 0.248 e. The van der Waals surface area contributed by atoms with E-state index in [0.717, 1.165) is 19.6 Å². The molecule has 1 saturated heterocycles. The first kappa shape index (κ1) is 12.5. The van der Waals surface area contributed by atoms with E-state index in [-0.39, 0.29) is 18.6 Å². The Kier molecular flexibility index (Phi) is 4.54. The molecule has 0 aromatic carbocycles. The Morgan fingerprint density at radius 2 is 2.13 bits per heavy atom. The van der Waals surface area contributed by atoms with Gasteiger partial charge in [-0.3, -0.25) is 4.79 Å². The average Bonchev–Trinajstić information content (AvgIpc) is 2.18. The summed E-state index contributed by atoms with van der Waals surface area (Å²) in [6.45, 7) is 8.84. The zero-order valence-corrected chi connectivity index (χ0v) is 10.2. The van der Waals surface area contributed by atoms with Crippen molar-refractivity contribution < 1.29 is 9.53 Å². The van der Waals surface area contributed by atoms with E-state index in [1.165, 1.54) is 0 Å². The molecule has 0 spiro atoms. The second-order valence-corrected chi connectivity index (χ2v) is 4.53. The number of rotatable bonds is 3. The number of nitrogens with zero attached hydrogens (tertiary/aromatic N) is 2. The summed E-state index contributed by atoms with van der Waals surface area (Å²) in [5.41, 5.74) is 0. The van der Waals surface area contributed by atoms with Gasteiger partial charge in [0, 0.05) is 25.7 Å². The van der Waals surface area contributed by atoms with Gasteiger partial charge in [0.15, 0.2) is 0 Å². The molecule has 4 nitrogen and oxygen atoms in total. The number of carbonyl (C=O) groups excluding carboxylic acids is 1. The van der Waals surface area contributed by atoms with Crippen molar-refractivity contribution in [2.75, 3.05) is 33.3 Å². The molecule has 0 saturated carbocycles. The number of amides is 1. The molecular formula is C11H22N2O2. The lowest BCUT2D eigenvalue weighted by Crippen LogP contribution is -2.52. The molecule has 1 aliphatic heterocycles. The highest BCUT2D eigenvalue weighted by molar-refractivity contribution is 5.77. The van der Waals surface area contributed by atoms with Gasteiger partial charge in [-0.05, 0) is 27.8 Å². The van der Waals surface area contributed by atoms with Crippen molar-refractivity contribution in [3.63, 3.8) is 0 Å². The molecule has 1 rings (SSSR count). The molecule has 0 bridgehead atoms. The molecule has 0 radical (unpaired) electrons. The summed E-state index contributed by atoms with van der Waals surface area (Å²) in [6.07, 6.45) is 0.124. The quantitative estimate of drug-likeness (QED) is 0.689. The lowest BCUT2D eigenvalue weighted by molar-refractivity contribution is -0.140. The van der Waals surface area contributed by atoms with Crippen molar-refractivity contribution in [2.45, 2.75) is 32.9 Å². The Balaban J connectivity index is 2.34. The van der Waals surface area contributed by atoms with Crippen LogP contribution in [0.3, 0.4) is 0 Å². The number of hydrogen-bond acceptors (Lipinski definition) is 3. The first-order chi connectivity index (χ1) is 7.00. The molecule has 1 fully saturated rings. The largest absolute Gasteiger partial charge is 0.369 e. The summed E-state index contributed by atoms with van der Waals surface area (Å²) in [6, 6.07) is 0.446. The minimum atomic E-state index is 0.114. The third-order valence-corrected chi connectivity index (χ3v) is 2.85. The number of piperazine rings is 1. The Hall–Kier alpha value is -0.610. The van der Waals surface area contributed by atoms with E-state index in [1.807, 2.05) is 18.7 Å². The predicted octanol–water partition coefficient (Wildman–Crippen LogP) is 0.574. The van der Waals surface area contributed by atoms with Crippen molar-refractivity contribution in [3.05, 3.63) is 0 Å². The molecule has 1 atom stereocenters. The molecule has 0 aliphatic carbocycles. The number of hydrogen-bond donors (Lipinski definition) is 0. The highest BCUT2D eigenvalue weighted by atomic mass is 16.5. The Labute approximate surface area is 92.2 Å². The molecule has 1 amide bonds. The molecule has 1 aliphatic rings. The summed E-state index contributed by atoms with van der Waals surface area (Å²) >= 11 is 0. The third kappa shape index (κ3) is 3.80. The topological polar surface area (TPSA) is 32.8 Å². The molecular weight excluding hydrogens is 192 g/mol. The molecule has 0 aromatic rings. The molecule has 88 valence electrons. The maximum absolute atomic E-state index is 11.7. The van der Waals surface area contributed by atoms with E-state index in [2.05, 4.69) is 18.9 Å². The van der Waals surface area contributed by atoms with Crippen LogP contribution < -0.4 is 0 Å². The van der Waals surface area contributed by atoms with E-state index in [1.54, 1.807) is 0 Å². The minimum absolute atomic E-state index is 0.114. The van der Waals surface area contributed by atoms with Crippen LogP contribution in [-0.4, -0.2) is 61.1 Å². The van der Waals surface area contributed by atoms with Gasteiger partial charge < -0.3 is 14.5 Å². The van der Waals surface area contributed by atoms with Crippen molar-refractivity contribution >= 4 is 5.91 Å². The summed E-state index contributed by atoms with van der Waals surface area (Å²) < 4.78 is 5.31. The van der Waals surface area contributed by atoms with Gasteiger partial charge in [0.25, 0.3) is 0 Å². The molecule has 0 aromatic heterocycles. The molecule has 15 heavy (non-hydrogen) atoms. The van der Waals surface area contributed by atoms with Crippen LogP contribution in [0.1, 0.15) is 20.8 Å². The number of likely N-dealkylation sites (N-methyl/N-ethyl adjacent to an activating group) is 1. The van der Waals surface area contributed by atoms with Gasteiger partial charge in [-0.25, -0.2) is 0 Å². The van der Waals surface area contributed by atoms with Gasteiger partial charge in [0.2, 0.25) is 5.91 Å². The van der Waals surface area contributed by atoms with Crippen LogP contribution in [0.15, 0.2) is 0 Å². The molecule has 1 unspecified atom stereocenters. The maximum atomic E-state index is 11.7.